The van der Waals surface area contributed by atoms with E-state index in [1.807, 2.05) is 0 Å². The summed E-state index contributed by atoms with van der Waals surface area (Å²) in [4.78, 5) is 22.4. The van der Waals surface area contributed by atoms with Gasteiger partial charge in [0.1, 0.15) is 18.5 Å². The molecule has 0 aliphatic carbocycles. The van der Waals surface area contributed by atoms with Gasteiger partial charge >= 0.3 is 12.5 Å². The first-order valence-electron chi connectivity index (χ1n) is 9.02. The van der Waals surface area contributed by atoms with Crippen LogP contribution >= 0.6 is 0 Å². The van der Waals surface area contributed by atoms with Gasteiger partial charge in [-0.15, -0.1) is 13.2 Å². The molecule has 30 heavy (non-hydrogen) atoms. The van der Waals surface area contributed by atoms with Gasteiger partial charge in [0, 0.05) is 5.56 Å². The van der Waals surface area contributed by atoms with Crippen LogP contribution in [-0.4, -0.2) is 37.5 Å². The highest BCUT2D eigenvalue weighted by Gasteiger charge is 2.32. The highest BCUT2D eigenvalue weighted by molar-refractivity contribution is 5.77. The summed E-state index contributed by atoms with van der Waals surface area (Å²) in [6.07, 6.45) is -4.86. The molecule has 0 aromatic heterocycles. The Balaban J connectivity index is 2.12. The van der Waals surface area contributed by atoms with Crippen molar-refractivity contribution in [3.05, 3.63) is 48.0 Å². The van der Waals surface area contributed by atoms with E-state index in [-0.39, 0.29) is 18.9 Å². The van der Waals surface area contributed by atoms with Crippen molar-refractivity contribution in [1.82, 2.24) is 5.32 Å². The summed E-state index contributed by atoms with van der Waals surface area (Å²) in [5, 5.41) is 2.45. The maximum Gasteiger partial charge on any atom is 0.573 e. The fraction of sp³-hybridized carbons (Fsp3) is 0.333. The van der Waals surface area contributed by atoms with Crippen LogP contribution in [0.5, 0.6) is 11.5 Å². The number of alkyl carbamates (subject to hydrolysis) is 1. The summed E-state index contributed by atoms with van der Waals surface area (Å²) in [5.74, 6) is -0.650. The van der Waals surface area contributed by atoms with E-state index in [0.29, 0.717) is 23.0 Å². The van der Waals surface area contributed by atoms with Crippen molar-refractivity contribution in [2.75, 3.05) is 13.2 Å². The quantitative estimate of drug-likeness (QED) is 0.501. The number of rotatable bonds is 7. The van der Waals surface area contributed by atoms with Gasteiger partial charge in [0.05, 0.1) is 6.54 Å². The zero-order valence-corrected chi connectivity index (χ0v) is 16.7. The van der Waals surface area contributed by atoms with Gasteiger partial charge < -0.3 is 19.5 Å². The molecule has 6 nitrogen and oxygen atoms in total. The van der Waals surface area contributed by atoms with Crippen molar-refractivity contribution in [2.24, 2.45) is 0 Å². The molecular weight excluding hydrogens is 403 g/mol. The van der Waals surface area contributed by atoms with Gasteiger partial charge in [-0.2, -0.15) is 0 Å². The fourth-order valence-corrected chi connectivity index (χ4v) is 2.39. The lowest BCUT2D eigenvalue weighted by molar-refractivity contribution is -0.275. The maximum absolute atomic E-state index is 12.7. The number of alkyl halides is 3. The molecule has 1 N–H and O–H groups in total. The zero-order chi connectivity index (χ0) is 22.4. The highest BCUT2D eigenvalue weighted by atomic mass is 19.4. The van der Waals surface area contributed by atoms with Crippen LogP contribution in [0.15, 0.2) is 42.5 Å². The van der Waals surface area contributed by atoms with Crippen LogP contribution in [0.3, 0.4) is 0 Å². The SMILES string of the molecule is CC(C)(C)OC(=O)NCCOc1cc(-c2ccc(C=O)cc2)ccc1OC(F)(F)F. The molecule has 0 heterocycles. The average molecular weight is 425 g/mol. The number of carbonyl (C=O) groups is 2. The van der Waals surface area contributed by atoms with E-state index in [9.17, 15) is 22.8 Å². The number of halogens is 3. The summed E-state index contributed by atoms with van der Waals surface area (Å²) in [7, 11) is 0. The second-order valence-electron chi connectivity index (χ2n) is 7.23. The molecule has 0 aliphatic rings. The standard InChI is InChI=1S/C21H22F3NO5/c1-20(2,3)30-19(27)25-10-11-28-18-12-16(8-9-17(18)29-21(22,23)24)15-6-4-14(13-26)5-7-15/h4-9,12-13H,10-11H2,1-3H3,(H,25,27). The van der Waals surface area contributed by atoms with Crippen LogP contribution < -0.4 is 14.8 Å². The van der Waals surface area contributed by atoms with Crippen molar-refractivity contribution in [1.29, 1.82) is 0 Å². The average Bonchev–Trinajstić information content (AvgIpc) is 2.64. The minimum absolute atomic E-state index is 0.0125. The molecule has 0 bridgehead atoms. The fourth-order valence-electron chi connectivity index (χ4n) is 2.39. The molecule has 9 heteroatoms. The number of benzene rings is 2. The number of hydrogen-bond acceptors (Lipinski definition) is 5. The number of amides is 1. The lowest BCUT2D eigenvalue weighted by Crippen LogP contribution is -2.34. The molecule has 162 valence electrons. The third kappa shape index (κ3) is 7.65. The minimum atomic E-state index is -4.89. The molecule has 0 atom stereocenters. The summed E-state index contributed by atoms with van der Waals surface area (Å²) < 4.78 is 52.6. The summed E-state index contributed by atoms with van der Waals surface area (Å²) in [5.41, 5.74) is 1.04. The van der Waals surface area contributed by atoms with Gasteiger partial charge in [-0.1, -0.05) is 30.3 Å². The van der Waals surface area contributed by atoms with Gasteiger partial charge in [0.25, 0.3) is 0 Å². The molecule has 0 unspecified atom stereocenters. The number of ether oxygens (including phenoxy) is 3. The Labute approximate surface area is 171 Å². The van der Waals surface area contributed by atoms with Crippen LogP contribution in [0.2, 0.25) is 0 Å². The largest absolute Gasteiger partial charge is 0.573 e. The van der Waals surface area contributed by atoms with Crippen LogP contribution in [0.4, 0.5) is 18.0 Å². The van der Waals surface area contributed by atoms with Crippen LogP contribution in [0, 0.1) is 0 Å². The van der Waals surface area contributed by atoms with Gasteiger partial charge in [0.2, 0.25) is 0 Å². The Morgan fingerprint density at radius 2 is 1.63 bits per heavy atom. The van der Waals surface area contributed by atoms with Gasteiger partial charge in [-0.3, -0.25) is 4.79 Å². The number of aldehydes is 1. The van der Waals surface area contributed by atoms with E-state index < -0.39 is 23.8 Å². The van der Waals surface area contributed by atoms with E-state index in [1.54, 1.807) is 45.0 Å². The second kappa shape index (κ2) is 9.51. The summed E-state index contributed by atoms with van der Waals surface area (Å²) >= 11 is 0. The third-order valence-electron chi connectivity index (χ3n) is 3.58. The molecule has 0 fully saturated rings. The number of carbonyl (C=O) groups excluding carboxylic acids is 2. The molecule has 2 aromatic rings. The normalized spacial score (nSPS) is 11.5. The number of nitrogens with one attached hydrogen (secondary N) is 1. The van der Waals surface area contributed by atoms with E-state index in [0.717, 1.165) is 6.07 Å². The van der Waals surface area contributed by atoms with Crippen molar-refractivity contribution >= 4 is 12.4 Å². The molecular formula is C21H22F3NO5. The van der Waals surface area contributed by atoms with E-state index >= 15 is 0 Å². The van der Waals surface area contributed by atoms with Gasteiger partial charge in [-0.25, -0.2) is 4.79 Å². The topological polar surface area (TPSA) is 73.9 Å². The third-order valence-corrected chi connectivity index (χ3v) is 3.58. The summed E-state index contributed by atoms with van der Waals surface area (Å²) in [6, 6.07) is 10.5. The molecule has 0 saturated carbocycles. The first kappa shape index (κ1) is 23.1. The van der Waals surface area contributed by atoms with E-state index in [1.165, 1.54) is 12.1 Å². The van der Waals surface area contributed by atoms with Crippen molar-refractivity contribution in [3.63, 3.8) is 0 Å². The number of hydrogen-bond donors (Lipinski definition) is 1. The minimum Gasteiger partial charge on any atom is -0.488 e. The highest BCUT2D eigenvalue weighted by Crippen LogP contribution is 2.36. The van der Waals surface area contributed by atoms with Gasteiger partial charge in [0.15, 0.2) is 11.5 Å². The van der Waals surface area contributed by atoms with Crippen molar-refractivity contribution in [2.45, 2.75) is 32.7 Å². The summed E-state index contributed by atoms with van der Waals surface area (Å²) in [6.45, 7) is 5.02. The van der Waals surface area contributed by atoms with E-state index in [4.69, 9.17) is 9.47 Å². The molecule has 1 amide bonds. The predicted molar refractivity (Wildman–Crippen MR) is 104 cm³/mol. The second-order valence-corrected chi connectivity index (χ2v) is 7.23. The molecule has 0 radical (unpaired) electrons. The predicted octanol–water partition coefficient (Wildman–Crippen LogP) is 4.97. The monoisotopic (exact) mass is 425 g/mol. The van der Waals surface area contributed by atoms with E-state index in [2.05, 4.69) is 10.1 Å². The first-order chi connectivity index (χ1) is 14.0. The lowest BCUT2D eigenvalue weighted by Gasteiger charge is -2.20. The Kier molecular flexibility index (Phi) is 7.31. The maximum atomic E-state index is 12.7. The first-order valence-corrected chi connectivity index (χ1v) is 9.02. The van der Waals surface area contributed by atoms with Crippen molar-refractivity contribution in [3.8, 4) is 22.6 Å². The molecule has 2 aromatic carbocycles. The smallest absolute Gasteiger partial charge is 0.488 e. The van der Waals surface area contributed by atoms with Crippen LogP contribution in [-0.2, 0) is 4.74 Å². The molecule has 2 rings (SSSR count). The van der Waals surface area contributed by atoms with Crippen LogP contribution in [0.25, 0.3) is 11.1 Å². The Bertz CT molecular complexity index is 874. The van der Waals surface area contributed by atoms with Crippen LogP contribution in [0.1, 0.15) is 31.1 Å². The van der Waals surface area contributed by atoms with Crippen molar-refractivity contribution < 1.29 is 37.0 Å². The Morgan fingerprint density at radius 3 is 2.20 bits per heavy atom. The zero-order valence-electron chi connectivity index (χ0n) is 16.7. The lowest BCUT2D eigenvalue weighted by atomic mass is 10.0. The molecule has 0 saturated heterocycles. The Morgan fingerprint density at radius 1 is 1.00 bits per heavy atom. The van der Waals surface area contributed by atoms with Gasteiger partial charge in [-0.05, 0) is 44.0 Å². The molecule has 0 aliphatic heterocycles. The molecule has 0 spiro atoms. The Hall–Kier alpha value is -3.23.